The number of sulfonamides is 1. The SMILES string of the molecule is CC(=O)Nc1nnc(S(=O)(=O)N[C@@H](C)COc2ccccc2C)s1. The second-order valence-corrected chi connectivity index (χ2v) is 8.02. The highest BCUT2D eigenvalue weighted by Crippen LogP contribution is 2.20. The third-order valence-electron chi connectivity index (χ3n) is 2.86. The molecule has 1 aromatic heterocycles. The molecular weight excluding hydrogens is 352 g/mol. The Labute approximate surface area is 144 Å². The van der Waals surface area contributed by atoms with Gasteiger partial charge in [-0.2, -0.15) is 0 Å². The van der Waals surface area contributed by atoms with Gasteiger partial charge in [0.15, 0.2) is 0 Å². The molecule has 2 rings (SSSR count). The number of para-hydroxylation sites is 1. The molecule has 24 heavy (non-hydrogen) atoms. The summed E-state index contributed by atoms with van der Waals surface area (Å²) in [6.45, 7) is 5.07. The molecule has 1 amide bonds. The molecule has 0 fully saturated rings. The van der Waals surface area contributed by atoms with Gasteiger partial charge < -0.3 is 10.1 Å². The number of ether oxygens (including phenoxy) is 1. The van der Waals surface area contributed by atoms with Crippen molar-refractivity contribution in [1.82, 2.24) is 14.9 Å². The van der Waals surface area contributed by atoms with E-state index in [0.717, 1.165) is 16.9 Å². The highest BCUT2D eigenvalue weighted by atomic mass is 32.2. The lowest BCUT2D eigenvalue weighted by atomic mass is 10.2. The monoisotopic (exact) mass is 370 g/mol. The highest BCUT2D eigenvalue weighted by molar-refractivity contribution is 7.91. The highest BCUT2D eigenvalue weighted by Gasteiger charge is 2.23. The standard InChI is InChI=1S/C14H18N4O4S2/c1-9-6-4-5-7-12(9)22-8-10(2)18-24(20,21)14-17-16-13(23-14)15-11(3)19/h4-7,10,18H,8H2,1-3H3,(H,15,16,19)/t10-/m0/s1. The molecule has 0 unspecified atom stereocenters. The van der Waals surface area contributed by atoms with E-state index in [1.807, 2.05) is 31.2 Å². The summed E-state index contributed by atoms with van der Waals surface area (Å²) in [7, 11) is -3.83. The molecular formula is C14H18N4O4S2. The van der Waals surface area contributed by atoms with E-state index in [1.54, 1.807) is 6.92 Å². The van der Waals surface area contributed by atoms with Crippen LogP contribution in [0.3, 0.4) is 0 Å². The van der Waals surface area contributed by atoms with Crippen molar-refractivity contribution in [3.63, 3.8) is 0 Å². The van der Waals surface area contributed by atoms with Gasteiger partial charge in [0.25, 0.3) is 10.0 Å². The van der Waals surface area contributed by atoms with Crippen molar-refractivity contribution in [2.45, 2.75) is 31.2 Å². The number of aryl methyl sites for hydroxylation is 1. The maximum absolute atomic E-state index is 12.2. The van der Waals surface area contributed by atoms with Gasteiger partial charge in [0.2, 0.25) is 15.4 Å². The lowest BCUT2D eigenvalue weighted by Crippen LogP contribution is -2.36. The first-order valence-corrected chi connectivity index (χ1v) is 9.40. The van der Waals surface area contributed by atoms with Crippen LogP contribution in [-0.2, 0) is 14.8 Å². The first-order valence-electron chi connectivity index (χ1n) is 7.10. The molecule has 0 radical (unpaired) electrons. The molecule has 0 spiro atoms. The second-order valence-electron chi connectivity index (χ2n) is 5.15. The summed E-state index contributed by atoms with van der Waals surface area (Å²) in [6, 6.07) is 7.01. The van der Waals surface area contributed by atoms with E-state index in [0.29, 0.717) is 5.75 Å². The Bertz CT molecular complexity index is 820. The Balaban J connectivity index is 1.97. The Morgan fingerprint density at radius 1 is 1.33 bits per heavy atom. The number of benzene rings is 1. The zero-order valence-electron chi connectivity index (χ0n) is 13.4. The molecule has 0 aliphatic carbocycles. The average Bonchev–Trinajstić information content (AvgIpc) is 2.94. The topological polar surface area (TPSA) is 110 Å². The normalized spacial score (nSPS) is 12.6. The summed E-state index contributed by atoms with van der Waals surface area (Å²) in [6.07, 6.45) is 0. The fourth-order valence-corrected chi connectivity index (χ4v) is 3.99. The molecule has 2 aromatic rings. The lowest BCUT2D eigenvalue weighted by molar-refractivity contribution is -0.114. The second kappa shape index (κ2) is 7.69. The number of hydrogen-bond acceptors (Lipinski definition) is 7. The first kappa shape index (κ1) is 18.3. The molecule has 0 saturated carbocycles. The van der Waals surface area contributed by atoms with Gasteiger partial charge >= 0.3 is 0 Å². The molecule has 8 nitrogen and oxygen atoms in total. The molecule has 0 aliphatic heterocycles. The molecule has 2 N–H and O–H groups in total. The van der Waals surface area contributed by atoms with E-state index in [2.05, 4.69) is 20.2 Å². The summed E-state index contributed by atoms with van der Waals surface area (Å²) in [5, 5.41) is 9.73. The van der Waals surface area contributed by atoms with E-state index in [-0.39, 0.29) is 22.0 Å². The molecule has 10 heteroatoms. The Morgan fingerprint density at radius 3 is 2.71 bits per heavy atom. The molecule has 0 saturated heterocycles. The van der Waals surface area contributed by atoms with Crippen molar-refractivity contribution in [3.05, 3.63) is 29.8 Å². The van der Waals surface area contributed by atoms with E-state index in [4.69, 9.17) is 4.74 Å². The maximum Gasteiger partial charge on any atom is 0.270 e. The summed E-state index contributed by atoms with van der Waals surface area (Å²) in [5.41, 5.74) is 0.969. The van der Waals surface area contributed by atoms with Crippen LogP contribution in [0.5, 0.6) is 5.75 Å². The van der Waals surface area contributed by atoms with Gasteiger partial charge in [0.05, 0.1) is 6.04 Å². The number of nitrogens with one attached hydrogen (secondary N) is 2. The predicted octanol–water partition coefficient (Wildman–Crippen LogP) is 1.55. The quantitative estimate of drug-likeness (QED) is 0.716. The van der Waals surface area contributed by atoms with Crippen molar-refractivity contribution in [2.75, 3.05) is 11.9 Å². The van der Waals surface area contributed by atoms with Gasteiger partial charge in [-0.3, -0.25) is 4.79 Å². The van der Waals surface area contributed by atoms with Crippen LogP contribution in [0.2, 0.25) is 0 Å². The average molecular weight is 370 g/mol. The summed E-state index contributed by atoms with van der Waals surface area (Å²) >= 11 is 0.782. The third-order valence-corrected chi connectivity index (χ3v) is 5.65. The molecule has 1 heterocycles. The molecule has 1 aromatic carbocycles. The zero-order valence-corrected chi connectivity index (χ0v) is 15.1. The number of rotatable bonds is 7. The number of hydrogen-bond donors (Lipinski definition) is 2. The van der Waals surface area contributed by atoms with Crippen LogP contribution in [-0.4, -0.2) is 37.2 Å². The minimum absolute atomic E-state index is 0.131. The van der Waals surface area contributed by atoms with E-state index in [1.165, 1.54) is 6.92 Å². The smallest absolute Gasteiger partial charge is 0.270 e. The number of nitrogens with zero attached hydrogens (tertiary/aromatic N) is 2. The van der Waals surface area contributed by atoms with Crippen LogP contribution in [0, 0.1) is 6.92 Å². The van der Waals surface area contributed by atoms with Crippen molar-refractivity contribution < 1.29 is 17.9 Å². The van der Waals surface area contributed by atoms with Gasteiger partial charge in [-0.15, -0.1) is 10.2 Å². The molecule has 130 valence electrons. The van der Waals surface area contributed by atoms with Crippen LogP contribution in [0.15, 0.2) is 28.6 Å². The lowest BCUT2D eigenvalue weighted by Gasteiger charge is -2.15. The summed E-state index contributed by atoms with van der Waals surface area (Å²) < 4.78 is 32.4. The van der Waals surface area contributed by atoms with Gasteiger partial charge in [0, 0.05) is 6.92 Å². The number of amides is 1. The van der Waals surface area contributed by atoms with Gasteiger partial charge in [0.1, 0.15) is 12.4 Å². The minimum atomic E-state index is -3.83. The van der Waals surface area contributed by atoms with Gasteiger partial charge in [-0.1, -0.05) is 29.5 Å². The number of aromatic nitrogens is 2. The maximum atomic E-state index is 12.2. The minimum Gasteiger partial charge on any atom is -0.492 e. The van der Waals surface area contributed by atoms with Crippen molar-refractivity contribution >= 4 is 32.4 Å². The van der Waals surface area contributed by atoms with Crippen LogP contribution in [0.1, 0.15) is 19.4 Å². The Kier molecular flexibility index (Phi) is 5.86. The van der Waals surface area contributed by atoms with Crippen molar-refractivity contribution in [1.29, 1.82) is 0 Å². The molecule has 1 atom stereocenters. The van der Waals surface area contributed by atoms with E-state index in [9.17, 15) is 13.2 Å². The summed E-state index contributed by atoms with van der Waals surface area (Å²) in [4.78, 5) is 10.9. The fraction of sp³-hybridized carbons (Fsp3) is 0.357. The van der Waals surface area contributed by atoms with Crippen molar-refractivity contribution in [2.24, 2.45) is 0 Å². The third kappa shape index (κ3) is 4.98. The first-order chi connectivity index (χ1) is 11.3. The van der Waals surface area contributed by atoms with Crippen LogP contribution in [0.25, 0.3) is 0 Å². The number of anilines is 1. The predicted molar refractivity (Wildman–Crippen MR) is 90.7 cm³/mol. The van der Waals surface area contributed by atoms with E-state index >= 15 is 0 Å². The van der Waals surface area contributed by atoms with E-state index < -0.39 is 16.1 Å². The van der Waals surface area contributed by atoms with Gasteiger partial charge in [-0.25, -0.2) is 13.1 Å². The Morgan fingerprint density at radius 2 is 2.04 bits per heavy atom. The number of carbonyl (C=O) groups is 1. The largest absolute Gasteiger partial charge is 0.492 e. The zero-order chi connectivity index (χ0) is 17.7. The fourth-order valence-electron chi connectivity index (χ4n) is 1.80. The van der Waals surface area contributed by atoms with Gasteiger partial charge in [-0.05, 0) is 25.5 Å². The van der Waals surface area contributed by atoms with Crippen molar-refractivity contribution in [3.8, 4) is 5.75 Å². The molecule has 0 bridgehead atoms. The summed E-state index contributed by atoms with van der Waals surface area (Å²) in [5.74, 6) is 0.357. The Hall–Kier alpha value is -2.04. The number of carbonyl (C=O) groups excluding carboxylic acids is 1. The molecule has 0 aliphatic rings. The van der Waals surface area contributed by atoms with Crippen LogP contribution in [0.4, 0.5) is 5.13 Å². The van der Waals surface area contributed by atoms with Crippen LogP contribution < -0.4 is 14.8 Å². The van der Waals surface area contributed by atoms with Crippen LogP contribution >= 0.6 is 11.3 Å².